The maximum Gasteiger partial charge on any atom is 0.269 e. The highest BCUT2D eigenvalue weighted by atomic mass is 32.1. The number of aromatic amines is 1. The fourth-order valence-corrected chi connectivity index (χ4v) is 2.64. The van der Waals surface area contributed by atoms with Crippen LogP contribution in [0.4, 0.5) is 0 Å². The van der Waals surface area contributed by atoms with E-state index >= 15 is 0 Å². The third-order valence-electron chi connectivity index (χ3n) is 3.69. The van der Waals surface area contributed by atoms with Gasteiger partial charge in [0.15, 0.2) is 10.6 Å². The largest absolute Gasteiger partial charge is 0.291 e. The predicted octanol–water partition coefficient (Wildman–Crippen LogP) is 2.38. The van der Waals surface area contributed by atoms with Crippen LogP contribution < -0.4 is 10.9 Å². The van der Waals surface area contributed by atoms with Gasteiger partial charge in [-0.15, -0.1) is 0 Å². The molecule has 0 bridgehead atoms. The molecule has 2 aromatic carbocycles. The van der Waals surface area contributed by atoms with E-state index in [1.807, 2.05) is 37.3 Å². The van der Waals surface area contributed by atoms with E-state index in [-0.39, 0.29) is 6.54 Å². The number of rotatable bonds is 4. The van der Waals surface area contributed by atoms with Gasteiger partial charge in [-0.1, -0.05) is 42.0 Å². The molecule has 0 unspecified atom stereocenters. The van der Waals surface area contributed by atoms with Crippen molar-refractivity contribution in [2.45, 2.75) is 13.5 Å². The van der Waals surface area contributed by atoms with Gasteiger partial charge in [-0.05, 0) is 37.3 Å². The van der Waals surface area contributed by atoms with Gasteiger partial charge in [-0.3, -0.25) is 30.1 Å². The lowest BCUT2D eigenvalue weighted by molar-refractivity contribution is -0.122. The van der Waals surface area contributed by atoms with Crippen LogP contribution in [-0.2, 0) is 11.3 Å². The van der Waals surface area contributed by atoms with Crippen molar-refractivity contribution in [1.29, 1.82) is 0 Å². The fourth-order valence-electron chi connectivity index (χ4n) is 2.44. The summed E-state index contributed by atoms with van der Waals surface area (Å²) >= 11 is 5.21. The number of amides is 2. The molecule has 8 heteroatoms. The number of carbonyl (C=O) groups is 2. The van der Waals surface area contributed by atoms with E-state index in [4.69, 9.17) is 12.2 Å². The average Bonchev–Trinajstić information content (AvgIpc) is 3.01. The second-order valence-corrected chi connectivity index (χ2v) is 6.06. The van der Waals surface area contributed by atoms with E-state index in [9.17, 15) is 9.59 Å². The molecule has 2 amide bonds. The Bertz CT molecular complexity index is 994. The molecule has 3 rings (SSSR count). The Morgan fingerprint density at radius 3 is 2.62 bits per heavy atom. The van der Waals surface area contributed by atoms with Gasteiger partial charge in [-0.2, -0.15) is 5.10 Å². The molecule has 0 radical (unpaired) electrons. The SMILES string of the molecule is Cc1cccc(-c2n[nH]c(=S)n2CC(=O)NNC(=O)c2ccccc2)c1. The second kappa shape index (κ2) is 7.75. The number of aromatic nitrogens is 3. The minimum atomic E-state index is -0.416. The molecule has 0 saturated heterocycles. The van der Waals surface area contributed by atoms with Crippen LogP contribution in [0.1, 0.15) is 15.9 Å². The summed E-state index contributed by atoms with van der Waals surface area (Å²) in [7, 11) is 0. The number of H-pyrrole nitrogens is 1. The van der Waals surface area contributed by atoms with Crippen molar-refractivity contribution in [1.82, 2.24) is 25.6 Å². The van der Waals surface area contributed by atoms with Crippen molar-refractivity contribution in [3.63, 3.8) is 0 Å². The summed E-state index contributed by atoms with van der Waals surface area (Å²) in [5.41, 5.74) is 7.14. The highest BCUT2D eigenvalue weighted by Gasteiger charge is 2.13. The molecule has 0 spiro atoms. The van der Waals surface area contributed by atoms with Gasteiger partial charge in [0.2, 0.25) is 0 Å². The number of hydrogen-bond acceptors (Lipinski definition) is 4. The molecule has 0 saturated carbocycles. The Hall–Kier alpha value is -3.26. The van der Waals surface area contributed by atoms with E-state index in [1.165, 1.54) is 0 Å². The van der Waals surface area contributed by atoms with Crippen LogP contribution in [0.15, 0.2) is 54.6 Å². The van der Waals surface area contributed by atoms with Crippen molar-refractivity contribution < 1.29 is 9.59 Å². The first-order valence-electron chi connectivity index (χ1n) is 7.91. The summed E-state index contributed by atoms with van der Waals surface area (Å²) in [6.07, 6.45) is 0. The molecule has 132 valence electrons. The quantitative estimate of drug-likeness (QED) is 0.488. The first-order valence-corrected chi connectivity index (χ1v) is 8.32. The number of nitrogens with one attached hydrogen (secondary N) is 3. The third-order valence-corrected chi connectivity index (χ3v) is 4.00. The summed E-state index contributed by atoms with van der Waals surface area (Å²) in [4.78, 5) is 24.2. The van der Waals surface area contributed by atoms with Crippen LogP contribution >= 0.6 is 12.2 Å². The molecule has 3 aromatic rings. The van der Waals surface area contributed by atoms with Crippen molar-refractivity contribution in [2.75, 3.05) is 0 Å². The second-order valence-electron chi connectivity index (χ2n) is 5.68. The molecule has 7 nitrogen and oxygen atoms in total. The van der Waals surface area contributed by atoms with E-state index in [0.29, 0.717) is 16.2 Å². The molecular weight excluding hydrogens is 350 g/mol. The average molecular weight is 367 g/mol. The van der Waals surface area contributed by atoms with Crippen LogP contribution in [0.5, 0.6) is 0 Å². The number of nitrogens with zero attached hydrogens (tertiary/aromatic N) is 2. The number of aryl methyl sites for hydroxylation is 1. The van der Waals surface area contributed by atoms with Gasteiger partial charge < -0.3 is 0 Å². The smallest absolute Gasteiger partial charge is 0.269 e. The van der Waals surface area contributed by atoms with Gasteiger partial charge in [0.25, 0.3) is 11.8 Å². The van der Waals surface area contributed by atoms with Crippen LogP contribution in [-0.4, -0.2) is 26.6 Å². The van der Waals surface area contributed by atoms with E-state index in [1.54, 1.807) is 28.8 Å². The van der Waals surface area contributed by atoms with E-state index < -0.39 is 11.8 Å². The maximum atomic E-state index is 12.2. The normalized spacial score (nSPS) is 10.3. The van der Waals surface area contributed by atoms with E-state index in [2.05, 4.69) is 21.0 Å². The zero-order chi connectivity index (χ0) is 18.5. The Morgan fingerprint density at radius 2 is 1.88 bits per heavy atom. The predicted molar refractivity (Wildman–Crippen MR) is 99.6 cm³/mol. The number of carbonyl (C=O) groups excluding carboxylic acids is 2. The van der Waals surface area contributed by atoms with Gasteiger partial charge >= 0.3 is 0 Å². The van der Waals surface area contributed by atoms with Crippen molar-refractivity contribution in [3.8, 4) is 11.4 Å². The van der Waals surface area contributed by atoms with Gasteiger partial charge in [-0.25, -0.2) is 0 Å². The van der Waals surface area contributed by atoms with E-state index in [0.717, 1.165) is 11.1 Å². The molecular formula is C18H17N5O2S. The molecule has 0 aliphatic carbocycles. The Labute approximate surface area is 155 Å². The molecule has 0 fully saturated rings. The Kier molecular flexibility index (Phi) is 5.23. The van der Waals surface area contributed by atoms with Gasteiger partial charge in [0.1, 0.15) is 6.54 Å². The highest BCUT2D eigenvalue weighted by Crippen LogP contribution is 2.18. The minimum absolute atomic E-state index is 0.0757. The van der Waals surface area contributed by atoms with Crippen LogP contribution in [0.3, 0.4) is 0 Å². The molecule has 26 heavy (non-hydrogen) atoms. The first-order chi connectivity index (χ1) is 12.5. The molecule has 1 aromatic heterocycles. The minimum Gasteiger partial charge on any atom is -0.291 e. The molecule has 0 atom stereocenters. The summed E-state index contributed by atoms with van der Waals surface area (Å²) in [6, 6.07) is 16.3. The summed E-state index contributed by atoms with van der Waals surface area (Å²) in [6.45, 7) is 1.90. The zero-order valence-electron chi connectivity index (χ0n) is 14.0. The molecule has 0 aliphatic heterocycles. The fraction of sp³-hybridized carbons (Fsp3) is 0.111. The third kappa shape index (κ3) is 4.04. The van der Waals surface area contributed by atoms with Crippen LogP contribution in [0.2, 0.25) is 0 Å². The lowest BCUT2D eigenvalue weighted by atomic mass is 10.1. The summed E-state index contributed by atoms with van der Waals surface area (Å²) < 4.78 is 1.90. The number of hydrogen-bond donors (Lipinski definition) is 3. The monoisotopic (exact) mass is 367 g/mol. The molecule has 3 N–H and O–H groups in total. The number of benzene rings is 2. The van der Waals surface area contributed by atoms with Crippen LogP contribution in [0, 0.1) is 11.7 Å². The van der Waals surface area contributed by atoms with Crippen molar-refractivity contribution in [2.24, 2.45) is 0 Å². The molecule has 0 aliphatic rings. The highest BCUT2D eigenvalue weighted by molar-refractivity contribution is 7.71. The maximum absolute atomic E-state index is 12.2. The van der Waals surface area contributed by atoms with Gasteiger partial charge in [0, 0.05) is 11.1 Å². The van der Waals surface area contributed by atoms with Crippen molar-refractivity contribution in [3.05, 3.63) is 70.5 Å². The standard InChI is InChI=1S/C18H17N5O2S/c1-12-6-5-9-14(10-12)16-20-22-18(26)23(16)11-15(24)19-21-17(25)13-7-3-2-4-8-13/h2-10H,11H2,1H3,(H,19,24)(H,21,25)(H,22,26). The first kappa shape index (κ1) is 17.6. The summed E-state index contributed by atoms with van der Waals surface area (Å²) in [5, 5.41) is 6.90. The van der Waals surface area contributed by atoms with Crippen LogP contribution in [0.25, 0.3) is 11.4 Å². The molecule has 1 heterocycles. The Balaban J connectivity index is 1.69. The number of hydrazine groups is 1. The van der Waals surface area contributed by atoms with Gasteiger partial charge in [0.05, 0.1) is 0 Å². The lowest BCUT2D eigenvalue weighted by Gasteiger charge is -2.09. The Morgan fingerprint density at radius 1 is 1.12 bits per heavy atom. The summed E-state index contributed by atoms with van der Waals surface area (Å²) in [5.74, 6) is -0.252. The zero-order valence-corrected chi connectivity index (χ0v) is 14.8. The lowest BCUT2D eigenvalue weighted by Crippen LogP contribution is -2.43. The topological polar surface area (TPSA) is 91.8 Å². The van der Waals surface area contributed by atoms with Crippen molar-refractivity contribution >= 4 is 24.0 Å².